The molecule has 3 N–H and O–H groups in total. The quantitative estimate of drug-likeness (QED) is 0.758. The fourth-order valence-corrected chi connectivity index (χ4v) is 2.18. The summed E-state index contributed by atoms with van der Waals surface area (Å²) in [7, 11) is 1.49. The molecule has 0 aromatic heterocycles. The van der Waals surface area contributed by atoms with Crippen molar-refractivity contribution in [3.63, 3.8) is 0 Å². The van der Waals surface area contributed by atoms with E-state index in [1.54, 1.807) is 18.2 Å². The van der Waals surface area contributed by atoms with Crippen LogP contribution in [-0.4, -0.2) is 35.7 Å². The number of piperidine rings is 1. The monoisotopic (exact) mass is 275 g/mol. The third-order valence-corrected chi connectivity index (χ3v) is 3.41. The molecule has 0 saturated carbocycles. The molecule has 1 aromatic carbocycles. The van der Waals surface area contributed by atoms with Gasteiger partial charge in [0.1, 0.15) is 0 Å². The van der Waals surface area contributed by atoms with E-state index >= 15 is 0 Å². The van der Waals surface area contributed by atoms with Crippen molar-refractivity contribution in [3.05, 3.63) is 35.4 Å². The van der Waals surface area contributed by atoms with E-state index in [1.165, 1.54) is 7.05 Å². The van der Waals surface area contributed by atoms with E-state index in [-0.39, 0.29) is 17.9 Å². The molecule has 1 aromatic rings. The number of imide groups is 1. The molecule has 0 bridgehead atoms. The minimum atomic E-state index is -0.481. The maximum absolute atomic E-state index is 11.9. The second-order valence-corrected chi connectivity index (χ2v) is 4.83. The van der Waals surface area contributed by atoms with Gasteiger partial charge in [0.05, 0.1) is 6.04 Å². The molecular weight excluding hydrogens is 258 g/mol. The maximum atomic E-state index is 11.9. The number of nitrogens with two attached hydrogens (primary N) is 1. The molecule has 1 saturated heterocycles. The molecule has 3 amide bonds. The molecule has 1 heterocycles. The summed E-state index contributed by atoms with van der Waals surface area (Å²) in [5, 5.41) is 3.11. The van der Waals surface area contributed by atoms with Crippen LogP contribution >= 0.6 is 0 Å². The van der Waals surface area contributed by atoms with Gasteiger partial charge in [0, 0.05) is 25.6 Å². The zero-order valence-electron chi connectivity index (χ0n) is 11.3. The third-order valence-electron chi connectivity index (χ3n) is 3.41. The van der Waals surface area contributed by atoms with Crippen LogP contribution in [-0.2, 0) is 16.1 Å². The van der Waals surface area contributed by atoms with Crippen LogP contribution in [0.5, 0.6) is 0 Å². The average molecular weight is 275 g/mol. The van der Waals surface area contributed by atoms with Crippen LogP contribution in [0.4, 0.5) is 0 Å². The van der Waals surface area contributed by atoms with Gasteiger partial charge in [-0.1, -0.05) is 12.1 Å². The number of hydrogen-bond acceptors (Lipinski definition) is 4. The van der Waals surface area contributed by atoms with E-state index < -0.39 is 5.91 Å². The van der Waals surface area contributed by atoms with Gasteiger partial charge in [-0.2, -0.15) is 0 Å². The van der Waals surface area contributed by atoms with E-state index in [4.69, 9.17) is 5.73 Å². The lowest BCUT2D eigenvalue weighted by Gasteiger charge is -2.28. The summed E-state index contributed by atoms with van der Waals surface area (Å²) < 4.78 is 0. The van der Waals surface area contributed by atoms with Gasteiger partial charge in [0.25, 0.3) is 0 Å². The second kappa shape index (κ2) is 5.83. The first kappa shape index (κ1) is 14.2. The fourth-order valence-electron chi connectivity index (χ4n) is 2.18. The van der Waals surface area contributed by atoms with E-state index in [0.29, 0.717) is 24.9 Å². The molecule has 1 aliphatic heterocycles. The van der Waals surface area contributed by atoms with Crippen LogP contribution in [0.3, 0.4) is 0 Å². The molecule has 6 heteroatoms. The maximum Gasteiger partial charge on any atom is 0.248 e. The zero-order chi connectivity index (χ0) is 14.7. The molecule has 0 aliphatic carbocycles. The van der Waals surface area contributed by atoms with Crippen molar-refractivity contribution in [3.8, 4) is 0 Å². The largest absolute Gasteiger partial charge is 0.366 e. The summed E-state index contributed by atoms with van der Waals surface area (Å²) in [5.41, 5.74) is 6.53. The molecule has 1 aliphatic rings. The summed E-state index contributed by atoms with van der Waals surface area (Å²) in [6.07, 6.45) is 0.860. The van der Waals surface area contributed by atoms with Crippen LogP contribution < -0.4 is 11.1 Å². The van der Waals surface area contributed by atoms with E-state index in [2.05, 4.69) is 5.32 Å². The Morgan fingerprint density at radius 1 is 1.45 bits per heavy atom. The Kier molecular flexibility index (Phi) is 4.14. The zero-order valence-corrected chi connectivity index (χ0v) is 11.3. The number of nitrogens with zero attached hydrogens (tertiary/aromatic N) is 1. The predicted octanol–water partition coefficient (Wildman–Crippen LogP) is 0.0225. The van der Waals surface area contributed by atoms with Crippen LogP contribution in [0.2, 0.25) is 0 Å². The lowest BCUT2D eigenvalue weighted by Crippen LogP contribution is -2.51. The first-order valence-corrected chi connectivity index (χ1v) is 6.41. The number of primary amides is 1. The third kappa shape index (κ3) is 3.03. The van der Waals surface area contributed by atoms with Crippen LogP contribution in [0, 0.1) is 0 Å². The minimum absolute atomic E-state index is 0.149. The van der Waals surface area contributed by atoms with Crippen molar-refractivity contribution >= 4 is 17.7 Å². The number of carbonyl (C=O) groups excluding carboxylic acids is 3. The number of amides is 3. The Morgan fingerprint density at radius 2 is 2.20 bits per heavy atom. The summed E-state index contributed by atoms with van der Waals surface area (Å²) in [6, 6.07) is 6.56. The van der Waals surface area contributed by atoms with Gasteiger partial charge in [-0.05, 0) is 24.1 Å². The number of benzene rings is 1. The lowest BCUT2D eigenvalue weighted by atomic mass is 10.0. The Hall–Kier alpha value is -2.21. The molecule has 6 nitrogen and oxygen atoms in total. The molecule has 1 fully saturated rings. The molecule has 0 radical (unpaired) electrons. The van der Waals surface area contributed by atoms with Gasteiger partial charge >= 0.3 is 0 Å². The highest BCUT2D eigenvalue weighted by atomic mass is 16.2. The number of likely N-dealkylation sites (N-methyl/N-ethyl adjacent to an activating group) is 1. The summed E-state index contributed by atoms with van der Waals surface area (Å²) in [6.45, 7) is 0.444. The Labute approximate surface area is 116 Å². The fraction of sp³-hybridized carbons (Fsp3) is 0.357. The van der Waals surface area contributed by atoms with Crippen molar-refractivity contribution in [2.75, 3.05) is 7.05 Å². The van der Waals surface area contributed by atoms with Crippen molar-refractivity contribution in [2.24, 2.45) is 5.73 Å². The van der Waals surface area contributed by atoms with Crippen LogP contribution in [0.1, 0.15) is 28.8 Å². The molecule has 0 spiro atoms. The van der Waals surface area contributed by atoms with Gasteiger partial charge in [-0.15, -0.1) is 0 Å². The highest BCUT2D eigenvalue weighted by Crippen LogP contribution is 2.12. The highest BCUT2D eigenvalue weighted by molar-refractivity contribution is 6.00. The number of likely N-dealkylation sites (tertiary alicyclic amines) is 1. The average Bonchev–Trinajstić information content (AvgIpc) is 2.44. The normalized spacial score (nSPS) is 19.2. The first-order valence-electron chi connectivity index (χ1n) is 6.41. The van der Waals surface area contributed by atoms with Crippen LogP contribution in [0.25, 0.3) is 0 Å². The highest BCUT2D eigenvalue weighted by Gasteiger charge is 2.31. The summed E-state index contributed by atoms with van der Waals surface area (Å²) in [5.74, 6) is -0.845. The molecule has 2 rings (SSSR count). The molecule has 20 heavy (non-hydrogen) atoms. The summed E-state index contributed by atoms with van der Waals surface area (Å²) in [4.78, 5) is 35.5. The van der Waals surface area contributed by atoms with E-state index in [1.807, 2.05) is 6.07 Å². The Bertz CT molecular complexity index is 556. The van der Waals surface area contributed by atoms with Crippen molar-refractivity contribution in [1.29, 1.82) is 0 Å². The van der Waals surface area contributed by atoms with Gasteiger partial charge in [0.2, 0.25) is 17.7 Å². The van der Waals surface area contributed by atoms with E-state index in [0.717, 1.165) is 10.5 Å². The van der Waals surface area contributed by atoms with Crippen molar-refractivity contribution in [1.82, 2.24) is 10.2 Å². The smallest absolute Gasteiger partial charge is 0.248 e. The SMILES string of the molecule is CN1C(=O)CCC(NCc2cccc(C(N)=O)c2)C1=O. The van der Waals surface area contributed by atoms with Gasteiger partial charge in [-0.25, -0.2) is 0 Å². The number of carbonyl (C=O) groups is 3. The van der Waals surface area contributed by atoms with E-state index in [9.17, 15) is 14.4 Å². The number of nitrogens with one attached hydrogen (secondary N) is 1. The predicted molar refractivity (Wildman–Crippen MR) is 72.6 cm³/mol. The van der Waals surface area contributed by atoms with Gasteiger partial charge in [-0.3, -0.25) is 19.3 Å². The minimum Gasteiger partial charge on any atom is -0.366 e. The molecule has 1 atom stereocenters. The van der Waals surface area contributed by atoms with Crippen molar-refractivity contribution in [2.45, 2.75) is 25.4 Å². The van der Waals surface area contributed by atoms with Crippen LogP contribution in [0.15, 0.2) is 24.3 Å². The van der Waals surface area contributed by atoms with Crippen molar-refractivity contribution < 1.29 is 14.4 Å². The molecule has 1 unspecified atom stereocenters. The molecule has 106 valence electrons. The Balaban J connectivity index is 1.98. The van der Waals surface area contributed by atoms with Gasteiger partial charge in [0.15, 0.2) is 0 Å². The number of hydrogen-bond donors (Lipinski definition) is 2. The second-order valence-electron chi connectivity index (χ2n) is 4.83. The van der Waals surface area contributed by atoms with Gasteiger partial charge < -0.3 is 11.1 Å². The Morgan fingerprint density at radius 3 is 2.90 bits per heavy atom. The topological polar surface area (TPSA) is 92.5 Å². The summed E-state index contributed by atoms with van der Waals surface area (Å²) >= 11 is 0. The standard InChI is InChI=1S/C14H17N3O3/c1-17-12(18)6-5-11(14(17)20)16-8-9-3-2-4-10(7-9)13(15)19/h2-4,7,11,16H,5-6,8H2,1H3,(H2,15,19). The first-order chi connectivity index (χ1) is 9.49. The molecular formula is C14H17N3O3. The number of rotatable bonds is 4. The lowest BCUT2D eigenvalue weighted by molar-refractivity contribution is -0.148.